The minimum atomic E-state index is 0.885. The van der Waals surface area contributed by atoms with Gasteiger partial charge in [-0.15, -0.1) is 0 Å². The maximum Gasteiger partial charge on any atom is 0.108 e. The predicted molar refractivity (Wildman–Crippen MR) is 64.6 cm³/mol. The average molecular weight is 257 g/mol. The monoisotopic (exact) mass is 256 g/mol. The number of rotatable bonds is 6. The Hall–Kier alpha value is -0.570. The molecule has 3 heteroatoms. The van der Waals surface area contributed by atoms with Gasteiger partial charge in [0.1, 0.15) is 4.60 Å². The molecular weight excluding hydrogens is 240 g/mol. The van der Waals surface area contributed by atoms with Crippen LogP contribution in [0.5, 0.6) is 0 Å². The van der Waals surface area contributed by atoms with Crippen LogP contribution in [0.3, 0.4) is 0 Å². The van der Waals surface area contributed by atoms with Gasteiger partial charge in [-0.05, 0) is 34.5 Å². The number of anilines is 1. The first-order chi connectivity index (χ1) is 6.83. The van der Waals surface area contributed by atoms with Crippen molar-refractivity contribution >= 4 is 21.6 Å². The third-order valence-corrected chi connectivity index (χ3v) is 2.52. The fourth-order valence-electron chi connectivity index (χ4n) is 1.30. The molecule has 14 heavy (non-hydrogen) atoms. The van der Waals surface area contributed by atoms with E-state index in [9.17, 15) is 0 Å². The number of hydrogen-bond donors (Lipinski definition) is 1. The van der Waals surface area contributed by atoms with Crippen LogP contribution in [0.25, 0.3) is 0 Å². The van der Waals surface area contributed by atoms with Crippen LogP contribution in [0.15, 0.2) is 22.9 Å². The minimum absolute atomic E-state index is 0.885. The zero-order valence-corrected chi connectivity index (χ0v) is 10.2. The lowest BCUT2D eigenvalue weighted by Gasteiger charge is -2.05. The normalized spacial score (nSPS) is 10.1. The van der Waals surface area contributed by atoms with Gasteiger partial charge in [-0.1, -0.05) is 26.2 Å². The highest BCUT2D eigenvalue weighted by atomic mass is 79.9. The summed E-state index contributed by atoms with van der Waals surface area (Å²) in [6, 6.07) is 3.99. The molecule has 0 aliphatic rings. The highest BCUT2D eigenvalue weighted by Gasteiger charge is 1.93. The number of pyridine rings is 1. The summed E-state index contributed by atoms with van der Waals surface area (Å²) in [5.74, 6) is 0. The molecular formula is C11H17BrN2. The Kier molecular flexibility index (Phi) is 5.60. The van der Waals surface area contributed by atoms with Gasteiger partial charge in [0.2, 0.25) is 0 Å². The van der Waals surface area contributed by atoms with Gasteiger partial charge in [-0.2, -0.15) is 0 Å². The molecule has 0 aliphatic carbocycles. The SMILES string of the molecule is CCCCCCNc1ccnc(Br)c1. The lowest BCUT2D eigenvalue weighted by molar-refractivity contribution is 0.685. The molecule has 1 aromatic rings. The van der Waals surface area contributed by atoms with Crippen LogP contribution >= 0.6 is 15.9 Å². The number of aromatic nitrogens is 1. The summed E-state index contributed by atoms with van der Waals surface area (Å²) in [7, 11) is 0. The van der Waals surface area contributed by atoms with Gasteiger partial charge < -0.3 is 5.32 Å². The van der Waals surface area contributed by atoms with Crippen molar-refractivity contribution in [3.8, 4) is 0 Å². The van der Waals surface area contributed by atoms with Crippen LogP contribution in [-0.2, 0) is 0 Å². The summed E-state index contributed by atoms with van der Waals surface area (Å²) in [6.07, 6.45) is 6.99. The molecule has 2 nitrogen and oxygen atoms in total. The molecule has 0 saturated carbocycles. The van der Waals surface area contributed by atoms with Crippen molar-refractivity contribution in [1.82, 2.24) is 4.98 Å². The van der Waals surface area contributed by atoms with Crippen molar-refractivity contribution in [3.63, 3.8) is 0 Å². The highest BCUT2D eigenvalue weighted by Crippen LogP contribution is 2.12. The van der Waals surface area contributed by atoms with E-state index in [-0.39, 0.29) is 0 Å². The second kappa shape index (κ2) is 6.82. The third-order valence-electron chi connectivity index (χ3n) is 2.09. The second-order valence-corrected chi connectivity index (χ2v) is 4.17. The number of unbranched alkanes of at least 4 members (excludes halogenated alkanes) is 3. The lowest BCUT2D eigenvalue weighted by atomic mass is 10.2. The van der Waals surface area contributed by atoms with E-state index in [1.54, 1.807) is 6.20 Å². The minimum Gasteiger partial charge on any atom is -0.385 e. The molecule has 0 bridgehead atoms. The lowest BCUT2D eigenvalue weighted by Crippen LogP contribution is -2.01. The molecule has 1 N–H and O–H groups in total. The van der Waals surface area contributed by atoms with Crippen LogP contribution in [0.1, 0.15) is 32.6 Å². The van der Waals surface area contributed by atoms with Gasteiger partial charge in [0.15, 0.2) is 0 Å². The van der Waals surface area contributed by atoms with Crippen molar-refractivity contribution in [2.24, 2.45) is 0 Å². The largest absolute Gasteiger partial charge is 0.385 e. The van der Waals surface area contributed by atoms with E-state index in [0.29, 0.717) is 0 Å². The van der Waals surface area contributed by atoms with Crippen molar-refractivity contribution in [3.05, 3.63) is 22.9 Å². The maximum atomic E-state index is 4.07. The Morgan fingerprint density at radius 2 is 2.21 bits per heavy atom. The van der Waals surface area contributed by atoms with Crippen molar-refractivity contribution in [1.29, 1.82) is 0 Å². The fraction of sp³-hybridized carbons (Fsp3) is 0.545. The van der Waals surface area contributed by atoms with E-state index in [0.717, 1.165) is 16.8 Å². The summed E-state index contributed by atoms with van der Waals surface area (Å²) in [4.78, 5) is 4.07. The van der Waals surface area contributed by atoms with Crippen molar-refractivity contribution < 1.29 is 0 Å². The van der Waals surface area contributed by atoms with E-state index >= 15 is 0 Å². The Balaban J connectivity index is 2.18. The molecule has 78 valence electrons. The molecule has 0 unspecified atom stereocenters. The van der Waals surface area contributed by atoms with E-state index in [2.05, 4.69) is 33.2 Å². The first-order valence-corrected chi connectivity index (χ1v) is 5.97. The Morgan fingerprint density at radius 3 is 2.93 bits per heavy atom. The number of halogens is 1. The van der Waals surface area contributed by atoms with Crippen LogP contribution in [0, 0.1) is 0 Å². The zero-order valence-electron chi connectivity index (χ0n) is 8.59. The Morgan fingerprint density at radius 1 is 1.36 bits per heavy atom. The van der Waals surface area contributed by atoms with E-state index in [4.69, 9.17) is 0 Å². The van der Waals surface area contributed by atoms with Gasteiger partial charge in [-0.3, -0.25) is 0 Å². The van der Waals surface area contributed by atoms with Crippen molar-refractivity contribution in [2.45, 2.75) is 32.6 Å². The number of hydrogen-bond acceptors (Lipinski definition) is 2. The van der Waals surface area contributed by atoms with Gasteiger partial charge >= 0.3 is 0 Å². The molecule has 1 rings (SSSR count). The van der Waals surface area contributed by atoms with Crippen LogP contribution in [-0.4, -0.2) is 11.5 Å². The van der Waals surface area contributed by atoms with Gasteiger partial charge in [0.05, 0.1) is 0 Å². The van der Waals surface area contributed by atoms with Crippen LogP contribution in [0.2, 0.25) is 0 Å². The van der Waals surface area contributed by atoms with E-state index < -0.39 is 0 Å². The van der Waals surface area contributed by atoms with Gasteiger partial charge in [0.25, 0.3) is 0 Å². The second-order valence-electron chi connectivity index (χ2n) is 3.35. The summed E-state index contributed by atoms with van der Waals surface area (Å²) in [6.45, 7) is 3.28. The van der Waals surface area contributed by atoms with Gasteiger partial charge in [-0.25, -0.2) is 4.98 Å². The molecule has 0 radical (unpaired) electrons. The zero-order chi connectivity index (χ0) is 10.2. The summed E-state index contributed by atoms with van der Waals surface area (Å²) in [5.41, 5.74) is 1.14. The molecule has 1 aromatic heterocycles. The topological polar surface area (TPSA) is 24.9 Å². The van der Waals surface area contributed by atoms with Crippen LogP contribution in [0.4, 0.5) is 5.69 Å². The fourth-order valence-corrected chi connectivity index (χ4v) is 1.66. The van der Waals surface area contributed by atoms with Crippen LogP contribution < -0.4 is 5.32 Å². The maximum absolute atomic E-state index is 4.07. The summed E-state index contributed by atoms with van der Waals surface area (Å²) < 4.78 is 0.885. The first-order valence-electron chi connectivity index (χ1n) is 5.18. The molecule has 0 atom stereocenters. The third kappa shape index (κ3) is 4.61. The smallest absolute Gasteiger partial charge is 0.108 e. The Labute approximate surface area is 94.3 Å². The van der Waals surface area contributed by atoms with Gasteiger partial charge in [0, 0.05) is 18.4 Å². The first kappa shape index (κ1) is 11.5. The molecule has 0 amide bonds. The van der Waals surface area contributed by atoms with E-state index in [1.807, 2.05) is 12.1 Å². The van der Waals surface area contributed by atoms with Crippen molar-refractivity contribution in [2.75, 3.05) is 11.9 Å². The molecule has 1 heterocycles. The summed E-state index contributed by atoms with van der Waals surface area (Å²) in [5, 5.41) is 3.37. The quantitative estimate of drug-likeness (QED) is 0.618. The van der Waals surface area contributed by atoms with E-state index in [1.165, 1.54) is 25.7 Å². The molecule has 0 aliphatic heterocycles. The average Bonchev–Trinajstić information content (AvgIpc) is 2.18. The molecule has 0 spiro atoms. The molecule has 0 aromatic carbocycles. The Bertz CT molecular complexity index is 263. The predicted octanol–water partition coefficient (Wildman–Crippen LogP) is 3.84. The standard InChI is InChI=1S/C11H17BrN2/c1-2-3-4-5-7-13-10-6-8-14-11(12)9-10/h6,8-9H,2-5,7H2,1H3,(H,13,14). The number of nitrogens with one attached hydrogen (secondary N) is 1. The molecule has 0 fully saturated rings. The summed E-state index contributed by atoms with van der Waals surface area (Å²) >= 11 is 3.34. The number of nitrogens with zero attached hydrogens (tertiary/aromatic N) is 1. The highest BCUT2D eigenvalue weighted by molar-refractivity contribution is 9.10. The molecule has 0 saturated heterocycles.